The Bertz CT molecular complexity index is 527. The molecule has 1 aliphatic heterocycles. The van der Waals surface area contributed by atoms with E-state index in [9.17, 15) is 0 Å². The Morgan fingerprint density at radius 2 is 2.12 bits per heavy atom. The first-order valence-corrected chi connectivity index (χ1v) is 5.60. The van der Waals surface area contributed by atoms with Crippen molar-refractivity contribution in [3.63, 3.8) is 0 Å². The van der Waals surface area contributed by atoms with E-state index in [-0.39, 0.29) is 6.04 Å². The molecule has 4 nitrogen and oxygen atoms in total. The minimum atomic E-state index is 0.132. The van der Waals surface area contributed by atoms with Gasteiger partial charge in [0.25, 0.3) is 0 Å². The molecule has 86 valence electrons. The third-order valence-corrected chi connectivity index (χ3v) is 2.82. The molecule has 1 N–H and O–H groups in total. The Morgan fingerprint density at radius 3 is 2.94 bits per heavy atom. The van der Waals surface area contributed by atoms with Gasteiger partial charge in [-0.1, -0.05) is 17.7 Å². The number of hydrogen-bond acceptors (Lipinski definition) is 4. The summed E-state index contributed by atoms with van der Waals surface area (Å²) in [6, 6.07) is 8.14. The smallest absolute Gasteiger partial charge is 0.223 e. The Kier molecular flexibility index (Phi) is 2.40. The van der Waals surface area contributed by atoms with Crippen molar-refractivity contribution in [1.82, 2.24) is 9.97 Å². The van der Waals surface area contributed by atoms with Crippen molar-refractivity contribution in [2.75, 3.05) is 11.9 Å². The van der Waals surface area contributed by atoms with Crippen LogP contribution in [0.25, 0.3) is 0 Å². The standard InChI is InChI=1S/C13H13N3O/c1-9-3-4-12-10(7-9)11(8-17-12)16-13-14-5-2-6-15-13/h2-7,11H,8H2,1H3,(H,14,15,16). The number of benzene rings is 1. The van der Waals surface area contributed by atoms with E-state index in [1.54, 1.807) is 18.5 Å². The highest BCUT2D eigenvalue weighted by Crippen LogP contribution is 2.34. The molecule has 2 heterocycles. The summed E-state index contributed by atoms with van der Waals surface area (Å²) in [4.78, 5) is 8.32. The van der Waals surface area contributed by atoms with Crippen molar-refractivity contribution >= 4 is 5.95 Å². The first-order valence-electron chi connectivity index (χ1n) is 5.60. The molecule has 0 amide bonds. The van der Waals surface area contributed by atoms with Crippen LogP contribution in [-0.2, 0) is 0 Å². The molecule has 0 fully saturated rings. The van der Waals surface area contributed by atoms with Gasteiger partial charge in [-0.15, -0.1) is 0 Å². The minimum Gasteiger partial charge on any atom is -0.491 e. The number of ether oxygens (including phenoxy) is 1. The van der Waals surface area contributed by atoms with Crippen LogP contribution in [0.3, 0.4) is 0 Å². The lowest BCUT2D eigenvalue weighted by atomic mass is 10.1. The lowest BCUT2D eigenvalue weighted by Gasteiger charge is -2.11. The van der Waals surface area contributed by atoms with Gasteiger partial charge in [0, 0.05) is 18.0 Å². The molecule has 3 rings (SSSR count). The fourth-order valence-corrected chi connectivity index (χ4v) is 1.98. The maximum atomic E-state index is 5.62. The third-order valence-electron chi connectivity index (χ3n) is 2.82. The molecule has 0 saturated heterocycles. The van der Waals surface area contributed by atoms with E-state index in [0.29, 0.717) is 12.6 Å². The number of nitrogens with zero attached hydrogens (tertiary/aromatic N) is 2. The Labute approximate surface area is 99.7 Å². The highest BCUT2D eigenvalue weighted by molar-refractivity contribution is 5.45. The lowest BCUT2D eigenvalue weighted by Crippen LogP contribution is -2.13. The summed E-state index contributed by atoms with van der Waals surface area (Å²) < 4.78 is 5.62. The molecule has 1 aromatic heterocycles. The van der Waals surface area contributed by atoms with Crippen molar-refractivity contribution in [3.8, 4) is 5.75 Å². The zero-order chi connectivity index (χ0) is 11.7. The molecule has 1 atom stereocenters. The van der Waals surface area contributed by atoms with E-state index >= 15 is 0 Å². The summed E-state index contributed by atoms with van der Waals surface area (Å²) in [5.74, 6) is 1.58. The van der Waals surface area contributed by atoms with Crippen molar-refractivity contribution in [2.45, 2.75) is 13.0 Å². The van der Waals surface area contributed by atoms with Gasteiger partial charge in [-0.2, -0.15) is 0 Å². The van der Waals surface area contributed by atoms with Gasteiger partial charge in [-0.05, 0) is 19.1 Å². The molecule has 0 bridgehead atoms. The molecule has 0 radical (unpaired) electrons. The predicted octanol–water partition coefficient (Wildman–Crippen LogP) is 2.33. The lowest BCUT2D eigenvalue weighted by molar-refractivity contribution is 0.339. The number of hydrogen-bond donors (Lipinski definition) is 1. The normalized spacial score (nSPS) is 17.4. The maximum Gasteiger partial charge on any atom is 0.223 e. The van der Waals surface area contributed by atoms with E-state index in [1.165, 1.54) is 11.1 Å². The summed E-state index contributed by atoms with van der Waals surface area (Å²) in [5, 5.41) is 3.28. The van der Waals surface area contributed by atoms with Gasteiger partial charge in [0.15, 0.2) is 0 Å². The monoisotopic (exact) mass is 227 g/mol. The van der Waals surface area contributed by atoms with Crippen LogP contribution in [0.15, 0.2) is 36.7 Å². The van der Waals surface area contributed by atoms with Crippen LogP contribution in [0.5, 0.6) is 5.75 Å². The van der Waals surface area contributed by atoms with E-state index in [2.05, 4.69) is 34.3 Å². The van der Waals surface area contributed by atoms with Crippen LogP contribution in [0, 0.1) is 6.92 Å². The molecule has 0 spiro atoms. The van der Waals surface area contributed by atoms with Crippen molar-refractivity contribution < 1.29 is 4.74 Å². The van der Waals surface area contributed by atoms with E-state index < -0.39 is 0 Å². The molecule has 1 aliphatic rings. The second kappa shape index (κ2) is 4.05. The highest BCUT2D eigenvalue weighted by atomic mass is 16.5. The molecule has 4 heteroatoms. The zero-order valence-corrected chi connectivity index (χ0v) is 9.55. The summed E-state index contributed by atoms with van der Waals surface area (Å²) >= 11 is 0. The Hall–Kier alpha value is -2.10. The highest BCUT2D eigenvalue weighted by Gasteiger charge is 2.24. The molecule has 0 saturated carbocycles. The maximum absolute atomic E-state index is 5.62. The molecular formula is C13H13N3O. The minimum absolute atomic E-state index is 0.132. The average molecular weight is 227 g/mol. The van der Waals surface area contributed by atoms with E-state index in [4.69, 9.17) is 4.74 Å². The summed E-state index contributed by atoms with van der Waals surface area (Å²) in [6.07, 6.45) is 3.45. The van der Waals surface area contributed by atoms with Crippen molar-refractivity contribution in [3.05, 3.63) is 47.8 Å². The van der Waals surface area contributed by atoms with Gasteiger partial charge in [-0.25, -0.2) is 9.97 Å². The molecule has 1 unspecified atom stereocenters. The van der Waals surface area contributed by atoms with Crippen LogP contribution in [-0.4, -0.2) is 16.6 Å². The molecule has 1 aromatic carbocycles. The van der Waals surface area contributed by atoms with E-state index in [1.807, 2.05) is 6.07 Å². The molecular weight excluding hydrogens is 214 g/mol. The van der Waals surface area contributed by atoms with Crippen LogP contribution < -0.4 is 10.1 Å². The second-order valence-corrected chi connectivity index (χ2v) is 4.12. The fraction of sp³-hybridized carbons (Fsp3) is 0.231. The third kappa shape index (κ3) is 1.93. The topological polar surface area (TPSA) is 47.0 Å². The number of aromatic nitrogens is 2. The van der Waals surface area contributed by atoms with Gasteiger partial charge in [0.2, 0.25) is 5.95 Å². The summed E-state index contributed by atoms with van der Waals surface area (Å²) in [5.41, 5.74) is 2.41. The number of fused-ring (bicyclic) bond motifs is 1. The first kappa shape index (κ1) is 10.1. The quantitative estimate of drug-likeness (QED) is 0.855. The average Bonchev–Trinajstić information content (AvgIpc) is 2.73. The van der Waals surface area contributed by atoms with Gasteiger partial charge >= 0.3 is 0 Å². The van der Waals surface area contributed by atoms with Gasteiger partial charge < -0.3 is 10.1 Å². The fourth-order valence-electron chi connectivity index (χ4n) is 1.98. The number of anilines is 1. The largest absolute Gasteiger partial charge is 0.491 e. The van der Waals surface area contributed by atoms with Gasteiger partial charge in [-0.3, -0.25) is 0 Å². The SMILES string of the molecule is Cc1ccc2c(c1)C(Nc1ncccn1)CO2. The van der Waals surface area contributed by atoms with Crippen LogP contribution in [0.4, 0.5) is 5.95 Å². The molecule has 2 aromatic rings. The second-order valence-electron chi connectivity index (χ2n) is 4.12. The molecule has 0 aliphatic carbocycles. The van der Waals surface area contributed by atoms with E-state index in [0.717, 1.165) is 5.75 Å². The Balaban J connectivity index is 1.86. The molecule has 17 heavy (non-hydrogen) atoms. The van der Waals surface area contributed by atoms with Crippen LogP contribution in [0.1, 0.15) is 17.2 Å². The van der Waals surface area contributed by atoms with Crippen molar-refractivity contribution in [2.24, 2.45) is 0 Å². The summed E-state index contributed by atoms with van der Waals surface area (Å²) in [7, 11) is 0. The number of aryl methyl sites for hydroxylation is 1. The first-order chi connectivity index (χ1) is 8.33. The van der Waals surface area contributed by atoms with Gasteiger partial charge in [0.05, 0.1) is 6.04 Å². The number of nitrogens with one attached hydrogen (secondary N) is 1. The zero-order valence-electron chi connectivity index (χ0n) is 9.55. The van der Waals surface area contributed by atoms with Crippen LogP contribution >= 0.6 is 0 Å². The summed E-state index contributed by atoms with van der Waals surface area (Å²) in [6.45, 7) is 2.70. The van der Waals surface area contributed by atoms with Crippen molar-refractivity contribution in [1.29, 1.82) is 0 Å². The number of rotatable bonds is 2. The Morgan fingerprint density at radius 1 is 1.29 bits per heavy atom. The predicted molar refractivity (Wildman–Crippen MR) is 65.1 cm³/mol. The van der Waals surface area contributed by atoms with Crippen LogP contribution in [0.2, 0.25) is 0 Å². The van der Waals surface area contributed by atoms with Gasteiger partial charge in [0.1, 0.15) is 12.4 Å².